The lowest BCUT2D eigenvalue weighted by Gasteiger charge is -2.19. The molecule has 1 heterocycles. The van der Waals surface area contributed by atoms with Gasteiger partial charge in [-0.3, -0.25) is 0 Å². The first-order chi connectivity index (χ1) is 9.97. The van der Waals surface area contributed by atoms with Gasteiger partial charge in [-0.05, 0) is 24.0 Å². The summed E-state index contributed by atoms with van der Waals surface area (Å²) in [4.78, 5) is 24.1. The molecule has 0 bridgehead atoms. The summed E-state index contributed by atoms with van der Waals surface area (Å²) in [5, 5.41) is 14.6. The standard InChI is InChI=1S/C15H20N2O3S/c1-9(2)13(14(18)19)17-15(20)16-8-11-7-10-5-3-4-6-12(10)21-11/h3-6,9,11,13H,7-8H2,1-2H3,(H,18,19)(H2,16,17,20). The Bertz CT molecular complexity index is 508. The fourth-order valence-electron chi connectivity index (χ4n) is 2.28. The molecule has 6 heteroatoms. The van der Waals surface area contributed by atoms with E-state index in [0.29, 0.717) is 11.8 Å². The zero-order valence-electron chi connectivity index (χ0n) is 12.1. The minimum atomic E-state index is -1.01. The number of carboxylic acid groups (broad SMARTS) is 1. The molecule has 2 atom stereocenters. The number of benzene rings is 1. The van der Waals surface area contributed by atoms with Crippen molar-refractivity contribution in [2.24, 2.45) is 5.92 Å². The van der Waals surface area contributed by atoms with Crippen LogP contribution in [0.5, 0.6) is 0 Å². The number of aliphatic carboxylic acids is 1. The number of carbonyl (C=O) groups excluding carboxylic acids is 1. The van der Waals surface area contributed by atoms with Gasteiger partial charge in [0.1, 0.15) is 6.04 Å². The molecule has 21 heavy (non-hydrogen) atoms. The van der Waals surface area contributed by atoms with Crippen molar-refractivity contribution in [3.8, 4) is 0 Å². The van der Waals surface area contributed by atoms with E-state index < -0.39 is 18.0 Å². The Morgan fingerprint density at radius 1 is 1.38 bits per heavy atom. The topological polar surface area (TPSA) is 78.4 Å². The van der Waals surface area contributed by atoms with E-state index in [9.17, 15) is 9.59 Å². The van der Waals surface area contributed by atoms with Crippen LogP contribution in [0.2, 0.25) is 0 Å². The summed E-state index contributed by atoms with van der Waals surface area (Å²) in [7, 11) is 0. The Morgan fingerprint density at radius 3 is 2.71 bits per heavy atom. The summed E-state index contributed by atoms with van der Waals surface area (Å²) in [6.07, 6.45) is 0.924. The minimum absolute atomic E-state index is 0.154. The quantitative estimate of drug-likeness (QED) is 0.778. The molecule has 2 amide bonds. The number of hydrogen-bond donors (Lipinski definition) is 3. The maximum absolute atomic E-state index is 11.8. The van der Waals surface area contributed by atoms with Gasteiger partial charge in [0, 0.05) is 16.7 Å². The fourth-order valence-corrected chi connectivity index (χ4v) is 3.53. The van der Waals surface area contributed by atoms with Gasteiger partial charge in [0.25, 0.3) is 0 Å². The number of rotatable bonds is 5. The molecule has 5 nitrogen and oxygen atoms in total. The molecule has 1 aromatic rings. The number of urea groups is 1. The first-order valence-corrected chi connectivity index (χ1v) is 7.87. The SMILES string of the molecule is CC(C)C(NC(=O)NCC1Cc2ccccc2S1)C(=O)O. The number of nitrogens with one attached hydrogen (secondary N) is 2. The van der Waals surface area contributed by atoms with Crippen molar-refractivity contribution in [3.63, 3.8) is 0 Å². The summed E-state index contributed by atoms with van der Waals surface area (Å²) >= 11 is 1.75. The summed E-state index contributed by atoms with van der Waals surface area (Å²) in [5.41, 5.74) is 1.31. The highest BCUT2D eigenvalue weighted by molar-refractivity contribution is 8.00. The van der Waals surface area contributed by atoms with E-state index >= 15 is 0 Å². The minimum Gasteiger partial charge on any atom is -0.480 e. The van der Waals surface area contributed by atoms with E-state index in [1.165, 1.54) is 10.5 Å². The van der Waals surface area contributed by atoms with Gasteiger partial charge in [-0.2, -0.15) is 0 Å². The molecule has 0 radical (unpaired) electrons. The molecule has 0 fully saturated rings. The van der Waals surface area contributed by atoms with Gasteiger partial charge in [-0.15, -0.1) is 11.8 Å². The second-order valence-electron chi connectivity index (χ2n) is 5.47. The Balaban J connectivity index is 1.79. The average molecular weight is 308 g/mol. The van der Waals surface area contributed by atoms with Gasteiger partial charge in [0.2, 0.25) is 0 Å². The number of carboxylic acids is 1. The fraction of sp³-hybridized carbons (Fsp3) is 0.467. The Morgan fingerprint density at radius 2 is 2.10 bits per heavy atom. The normalized spacial score (nSPS) is 18.1. The first kappa shape index (κ1) is 15.7. The van der Waals surface area contributed by atoms with Crippen molar-refractivity contribution in [3.05, 3.63) is 29.8 Å². The van der Waals surface area contributed by atoms with Crippen LogP contribution in [0.25, 0.3) is 0 Å². The van der Waals surface area contributed by atoms with Gasteiger partial charge in [-0.25, -0.2) is 9.59 Å². The highest BCUT2D eigenvalue weighted by Crippen LogP contribution is 2.36. The van der Waals surface area contributed by atoms with E-state index in [2.05, 4.69) is 22.8 Å². The van der Waals surface area contributed by atoms with Crippen LogP contribution in [0.1, 0.15) is 19.4 Å². The molecular weight excluding hydrogens is 288 g/mol. The lowest BCUT2D eigenvalue weighted by molar-refractivity contribution is -0.140. The van der Waals surface area contributed by atoms with Gasteiger partial charge in [0.05, 0.1) is 0 Å². The van der Waals surface area contributed by atoms with Crippen LogP contribution in [0.4, 0.5) is 4.79 Å². The van der Waals surface area contributed by atoms with Crippen LogP contribution in [-0.4, -0.2) is 34.9 Å². The van der Waals surface area contributed by atoms with Crippen LogP contribution in [0, 0.1) is 5.92 Å². The van der Waals surface area contributed by atoms with E-state index in [1.807, 2.05) is 12.1 Å². The second kappa shape index (κ2) is 6.85. The molecule has 0 aromatic heterocycles. The first-order valence-electron chi connectivity index (χ1n) is 6.99. The summed E-state index contributed by atoms with van der Waals surface area (Å²) < 4.78 is 0. The van der Waals surface area contributed by atoms with Crippen molar-refractivity contribution >= 4 is 23.8 Å². The number of fused-ring (bicyclic) bond motifs is 1. The molecule has 0 aliphatic carbocycles. The van der Waals surface area contributed by atoms with Gasteiger partial charge < -0.3 is 15.7 Å². The second-order valence-corrected chi connectivity index (χ2v) is 6.81. The zero-order valence-corrected chi connectivity index (χ0v) is 12.9. The highest BCUT2D eigenvalue weighted by atomic mass is 32.2. The van der Waals surface area contributed by atoms with Gasteiger partial charge >= 0.3 is 12.0 Å². The molecule has 1 aliphatic heterocycles. The largest absolute Gasteiger partial charge is 0.480 e. The number of hydrogen-bond acceptors (Lipinski definition) is 3. The Kier molecular flexibility index (Phi) is 5.12. The smallest absolute Gasteiger partial charge is 0.326 e. The third-order valence-electron chi connectivity index (χ3n) is 3.42. The molecule has 1 aromatic carbocycles. The number of carbonyl (C=O) groups is 2. The maximum Gasteiger partial charge on any atom is 0.326 e. The summed E-state index contributed by atoms with van der Waals surface area (Å²) in [6.45, 7) is 4.06. The van der Waals surface area contributed by atoms with Crippen LogP contribution in [0.3, 0.4) is 0 Å². The predicted molar refractivity (Wildman–Crippen MR) is 82.6 cm³/mol. The Hall–Kier alpha value is -1.69. The van der Waals surface area contributed by atoms with Crippen molar-refractivity contribution in [2.45, 2.75) is 36.5 Å². The summed E-state index contributed by atoms with van der Waals surface area (Å²) in [6, 6.07) is 6.92. The number of amides is 2. The monoisotopic (exact) mass is 308 g/mol. The third kappa shape index (κ3) is 4.14. The van der Waals surface area contributed by atoms with Crippen molar-refractivity contribution < 1.29 is 14.7 Å². The lowest BCUT2D eigenvalue weighted by Crippen LogP contribution is -2.49. The van der Waals surface area contributed by atoms with E-state index in [-0.39, 0.29) is 5.92 Å². The average Bonchev–Trinajstić information content (AvgIpc) is 2.84. The molecule has 2 rings (SSSR count). The predicted octanol–water partition coefficient (Wildman–Crippen LogP) is 2.11. The van der Waals surface area contributed by atoms with E-state index in [1.54, 1.807) is 25.6 Å². The van der Waals surface area contributed by atoms with Crippen LogP contribution >= 0.6 is 11.8 Å². The maximum atomic E-state index is 11.8. The van der Waals surface area contributed by atoms with Crippen molar-refractivity contribution in [2.75, 3.05) is 6.54 Å². The van der Waals surface area contributed by atoms with Gasteiger partial charge in [-0.1, -0.05) is 32.0 Å². The van der Waals surface area contributed by atoms with E-state index in [0.717, 1.165) is 6.42 Å². The molecule has 1 aliphatic rings. The highest BCUT2D eigenvalue weighted by Gasteiger charge is 2.25. The molecule has 114 valence electrons. The molecular formula is C15H20N2O3S. The Labute approximate surface area is 128 Å². The van der Waals surface area contributed by atoms with Gasteiger partial charge in [0.15, 0.2) is 0 Å². The molecule has 0 spiro atoms. The van der Waals surface area contributed by atoms with Crippen LogP contribution < -0.4 is 10.6 Å². The molecule has 0 saturated carbocycles. The van der Waals surface area contributed by atoms with E-state index in [4.69, 9.17) is 5.11 Å². The van der Waals surface area contributed by atoms with Crippen LogP contribution in [-0.2, 0) is 11.2 Å². The summed E-state index contributed by atoms with van der Waals surface area (Å²) in [5.74, 6) is -1.17. The molecule has 2 unspecified atom stereocenters. The van der Waals surface area contributed by atoms with Crippen molar-refractivity contribution in [1.82, 2.24) is 10.6 Å². The third-order valence-corrected chi connectivity index (χ3v) is 4.74. The number of thioether (sulfide) groups is 1. The van der Waals surface area contributed by atoms with Crippen LogP contribution in [0.15, 0.2) is 29.2 Å². The lowest BCUT2D eigenvalue weighted by atomic mass is 10.1. The van der Waals surface area contributed by atoms with Crippen molar-refractivity contribution in [1.29, 1.82) is 0 Å². The molecule has 3 N–H and O–H groups in total. The zero-order chi connectivity index (χ0) is 15.4. The molecule has 0 saturated heterocycles.